The van der Waals surface area contributed by atoms with Crippen molar-refractivity contribution < 1.29 is 23.9 Å². The molecule has 3 rings (SSSR count). The van der Waals surface area contributed by atoms with Gasteiger partial charge in [-0.25, -0.2) is 14.4 Å². The molecule has 0 spiro atoms. The molecular weight excluding hydrogens is 404 g/mol. The van der Waals surface area contributed by atoms with Gasteiger partial charge in [-0.05, 0) is 43.3 Å². The molecule has 0 radical (unpaired) electrons. The first-order valence-electron chi connectivity index (χ1n) is 9.63. The molecule has 158 valence electrons. The summed E-state index contributed by atoms with van der Waals surface area (Å²) < 4.78 is 10.1. The Morgan fingerprint density at radius 1 is 1.17 bits per heavy atom. The molecule has 0 saturated heterocycles. The van der Waals surface area contributed by atoms with Crippen LogP contribution in [-0.2, 0) is 20.7 Å². The second-order valence-electron chi connectivity index (χ2n) is 6.66. The minimum absolute atomic E-state index is 0.199. The van der Waals surface area contributed by atoms with Gasteiger partial charge in [0.25, 0.3) is 0 Å². The zero-order valence-corrected chi connectivity index (χ0v) is 18.0. The maximum atomic E-state index is 12.9. The number of thiophene rings is 1. The van der Waals surface area contributed by atoms with E-state index in [0.717, 1.165) is 4.88 Å². The normalized spacial score (nSPS) is 16.3. The van der Waals surface area contributed by atoms with Crippen LogP contribution in [0.2, 0.25) is 0 Å². The van der Waals surface area contributed by atoms with E-state index in [4.69, 9.17) is 9.47 Å². The van der Waals surface area contributed by atoms with Crippen LogP contribution in [0.4, 0.5) is 4.79 Å². The van der Waals surface area contributed by atoms with E-state index in [0.29, 0.717) is 29.8 Å². The number of benzene rings is 1. The fourth-order valence-electron chi connectivity index (χ4n) is 3.48. The lowest BCUT2D eigenvalue weighted by Crippen LogP contribution is -2.48. The second-order valence-corrected chi connectivity index (χ2v) is 7.69. The lowest BCUT2D eigenvalue weighted by molar-refractivity contribution is -0.139. The number of rotatable bonds is 7. The van der Waals surface area contributed by atoms with Gasteiger partial charge in [-0.2, -0.15) is 0 Å². The van der Waals surface area contributed by atoms with Crippen LogP contribution in [-0.4, -0.2) is 43.1 Å². The molecule has 2 amide bonds. The van der Waals surface area contributed by atoms with Gasteiger partial charge in [0.05, 0.1) is 30.9 Å². The first-order chi connectivity index (χ1) is 14.5. The van der Waals surface area contributed by atoms with Crippen LogP contribution in [0.25, 0.3) is 0 Å². The lowest BCUT2D eigenvalue weighted by Gasteiger charge is -2.35. The molecule has 0 bridgehead atoms. The zero-order valence-electron chi connectivity index (χ0n) is 17.1. The summed E-state index contributed by atoms with van der Waals surface area (Å²) in [6, 6.07) is 9.57. The molecule has 1 atom stereocenters. The Labute approximate surface area is 179 Å². The standard InChI is InChI=1S/C22H24N2O5S/c1-4-29-21(26)18-14(2)24(12-11-15-8-7-13-30-15)22(27)23-19(18)16-9-5-6-10-17(16)20(25)28-3/h5-10,13,19H,4,11-12H2,1-3H3,(H,23,27). The van der Waals surface area contributed by atoms with Crippen molar-refractivity contribution in [3.63, 3.8) is 0 Å². The number of ether oxygens (including phenoxy) is 2. The van der Waals surface area contributed by atoms with Crippen molar-refractivity contribution in [1.29, 1.82) is 0 Å². The number of nitrogens with one attached hydrogen (secondary N) is 1. The predicted molar refractivity (Wildman–Crippen MR) is 113 cm³/mol. The Kier molecular flexibility index (Phi) is 6.89. The predicted octanol–water partition coefficient (Wildman–Crippen LogP) is 3.68. The van der Waals surface area contributed by atoms with E-state index < -0.39 is 18.0 Å². The Morgan fingerprint density at radius 2 is 1.93 bits per heavy atom. The number of esters is 2. The molecule has 30 heavy (non-hydrogen) atoms. The first kappa shape index (κ1) is 21.6. The Bertz CT molecular complexity index is 968. The number of carbonyl (C=O) groups is 3. The number of amides is 2. The second kappa shape index (κ2) is 9.58. The summed E-state index contributed by atoms with van der Waals surface area (Å²) in [6.45, 7) is 4.07. The Balaban J connectivity index is 2.03. The van der Waals surface area contributed by atoms with Crippen molar-refractivity contribution in [2.24, 2.45) is 0 Å². The average Bonchev–Trinajstić information content (AvgIpc) is 3.26. The van der Waals surface area contributed by atoms with Crippen molar-refractivity contribution in [3.05, 3.63) is 69.1 Å². The third-order valence-electron chi connectivity index (χ3n) is 4.93. The average molecular weight is 429 g/mol. The largest absolute Gasteiger partial charge is 0.465 e. The van der Waals surface area contributed by atoms with Gasteiger partial charge in [0.15, 0.2) is 0 Å². The zero-order chi connectivity index (χ0) is 21.7. The monoisotopic (exact) mass is 428 g/mol. The highest BCUT2D eigenvalue weighted by molar-refractivity contribution is 7.09. The van der Waals surface area contributed by atoms with Crippen LogP contribution in [0.1, 0.15) is 40.7 Å². The van der Waals surface area contributed by atoms with Gasteiger partial charge in [0, 0.05) is 17.1 Å². The summed E-state index contributed by atoms with van der Waals surface area (Å²) in [5.74, 6) is -1.07. The summed E-state index contributed by atoms with van der Waals surface area (Å²) in [5.41, 5.74) is 1.59. The van der Waals surface area contributed by atoms with Gasteiger partial charge in [-0.3, -0.25) is 4.90 Å². The fourth-order valence-corrected chi connectivity index (χ4v) is 4.18. The van der Waals surface area contributed by atoms with Crippen LogP contribution in [0.15, 0.2) is 53.0 Å². The molecule has 8 heteroatoms. The summed E-state index contributed by atoms with van der Waals surface area (Å²) in [4.78, 5) is 40.8. The van der Waals surface area contributed by atoms with E-state index in [2.05, 4.69) is 5.32 Å². The molecular formula is C22H24N2O5S. The Hall–Kier alpha value is -3.13. The van der Waals surface area contributed by atoms with Gasteiger partial charge in [-0.1, -0.05) is 24.3 Å². The Morgan fingerprint density at radius 3 is 2.60 bits per heavy atom. The van der Waals surface area contributed by atoms with Crippen molar-refractivity contribution in [3.8, 4) is 0 Å². The molecule has 0 saturated carbocycles. The quantitative estimate of drug-likeness (QED) is 0.680. The maximum absolute atomic E-state index is 12.9. The molecule has 1 aromatic heterocycles. The van der Waals surface area contributed by atoms with E-state index in [1.165, 1.54) is 7.11 Å². The number of hydrogen-bond donors (Lipinski definition) is 1. The van der Waals surface area contributed by atoms with Crippen LogP contribution in [0.3, 0.4) is 0 Å². The van der Waals surface area contributed by atoms with Crippen molar-refractivity contribution in [2.45, 2.75) is 26.3 Å². The fraction of sp³-hybridized carbons (Fsp3) is 0.318. The molecule has 0 fully saturated rings. The molecule has 1 aliphatic rings. The molecule has 0 aliphatic carbocycles. The summed E-state index contributed by atoms with van der Waals surface area (Å²) in [6.07, 6.45) is 0.669. The molecule has 1 N–H and O–H groups in total. The van der Waals surface area contributed by atoms with E-state index >= 15 is 0 Å². The SMILES string of the molecule is CCOC(=O)C1=C(C)N(CCc2cccs2)C(=O)NC1c1ccccc1C(=O)OC. The number of allylic oxidation sites excluding steroid dienone is 1. The van der Waals surface area contributed by atoms with Gasteiger partial charge in [0.2, 0.25) is 0 Å². The smallest absolute Gasteiger partial charge is 0.338 e. The number of urea groups is 1. The summed E-state index contributed by atoms with van der Waals surface area (Å²) >= 11 is 1.62. The molecule has 7 nitrogen and oxygen atoms in total. The van der Waals surface area contributed by atoms with Crippen LogP contribution in [0, 0.1) is 0 Å². The van der Waals surface area contributed by atoms with Crippen molar-refractivity contribution in [1.82, 2.24) is 10.2 Å². The van der Waals surface area contributed by atoms with Crippen LogP contribution in [0.5, 0.6) is 0 Å². The van der Waals surface area contributed by atoms with E-state index in [9.17, 15) is 14.4 Å². The highest BCUT2D eigenvalue weighted by Gasteiger charge is 2.37. The van der Waals surface area contributed by atoms with Gasteiger partial charge < -0.3 is 14.8 Å². The van der Waals surface area contributed by atoms with E-state index in [-0.39, 0.29) is 18.2 Å². The van der Waals surface area contributed by atoms with Gasteiger partial charge in [0.1, 0.15) is 0 Å². The maximum Gasteiger partial charge on any atom is 0.338 e. The minimum Gasteiger partial charge on any atom is -0.465 e. The van der Waals surface area contributed by atoms with Gasteiger partial charge in [-0.15, -0.1) is 11.3 Å². The molecule has 2 aromatic rings. The van der Waals surface area contributed by atoms with Crippen molar-refractivity contribution >= 4 is 29.3 Å². The lowest BCUT2D eigenvalue weighted by atomic mass is 9.91. The minimum atomic E-state index is -0.815. The third-order valence-corrected chi connectivity index (χ3v) is 5.87. The van der Waals surface area contributed by atoms with Crippen LogP contribution >= 0.6 is 11.3 Å². The third kappa shape index (κ3) is 4.38. The van der Waals surface area contributed by atoms with Gasteiger partial charge >= 0.3 is 18.0 Å². The van der Waals surface area contributed by atoms with E-state index in [1.54, 1.807) is 54.3 Å². The molecule has 1 unspecified atom stereocenters. The van der Waals surface area contributed by atoms with Crippen LogP contribution < -0.4 is 5.32 Å². The topological polar surface area (TPSA) is 84.9 Å². The molecule has 1 aromatic carbocycles. The number of hydrogen-bond acceptors (Lipinski definition) is 6. The molecule has 2 heterocycles. The number of methoxy groups -OCH3 is 1. The highest BCUT2D eigenvalue weighted by atomic mass is 32.1. The molecule has 1 aliphatic heterocycles. The van der Waals surface area contributed by atoms with Crippen molar-refractivity contribution in [2.75, 3.05) is 20.3 Å². The number of carbonyl (C=O) groups excluding carboxylic acids is 3. The summed E-state index contributed by atoms with van der Waals surface area (Å²) in [7, 11) is 1.29. The first-order valence-corrected chi connectivity index (χ1v) is 10.5. The number of nitrogens with zero attached hydrogens (tertiary/aromatic N) is 1. The van der Waals surface area contributed by atoms with E-state index in [1.807, 2.05) is 17.5 Å². The summed E-state index contributed by atoms with van der Waals surface area (Å²) in [5, 5.41) is 4.86. The highest BCUT2D eigenvalue weighted by Crippen LogP contribution is 2.33.